The first-order valence-corrected chi connectivity index (χ1v) is 28.9. The van der Waals surface area contributed by atoms with Crippen LogP contribution in [0.5, 0.6) is 0 Å². The van der Waals surface area contributed by atoms with Crippen LogP contribution in [-0.2, 0) is 120 Å². The summed E-state index contributed by atoms with van der Waals surface area (Å²) in [7, 11) is -4.96. The standard InChI is InChI=1S/C24H30N4O9.C17H21N3O8.C12H12N2O9S/c1-16-7-10-23(35)28(16)37-24(36)6-2-4-17(29)14-26-20(32)9-8-18(30)15-25-19(31)5-3-13-27-21(33)11-12-22(27)34;21-12(2-1-9-19-13(22)3-4-14(19)23)18-8-11-27-10-7-17(26)28-20-15(24)5-6-16(20)25;15-8-1-2-9(16)13(8)6-5-7(24(20,21)22)12(19)23-14-10(17)3-4-11(14)18/h11-12H,1-10,13-15H2,(H,25,31)(H,26,32);3-4H,1-2,5-11H2,(H,18,21);1-2,7H,3-6H2,(H,20,21,22). The van der Waals surface area contributed by atoms with Crippen molar-refractivity contribution >= 4 is 122 Å². The van der Waals surface area contributed by atoms with Gasteiger partial charge in [0.15, 0.2) is 16.8 Å². The number of imide groups is 5. The van der Waals surface area contributed by atoms with Gasteiger partial charge >= 0.3 is 17.9 Å². The first-order valence-electron chi connectivity index (χ1n) is 27.4. The van der Waals surface area contributed by atoms with Crippen molar-refractivity contribution < 1.29 is 123 Å². The summed E-state index contributed by atoms with van der Waals surface area (Å²) in [5.41, 5.74) is 0.404. The fraction of sp³-hybridized carbons (Fsp3) is 0.491. The van der Waals surface area contributed by atoms with Crippen LogP contribution in [-0.4, -0.2) is 213 Å². The number of hydroxylamine groups is 6. The third kappa shape index (κ3) is 24.1. The fourth-order valence-electron chi connectivity index (χ4n) is 7.93. The van der Waals surface area contributed by atoms with E-state index in [2.05, 4.69) is 32.2 Å². The minimum absolute atomic E-state index is 0.0110. The number of ether oxygens (including phenoxy) is 1. The second-order valence-corrected chi connectivity index (χ2v) is 21.0. The molecule has 6 aliphatic heterocycles. The average Bonchev–Trinajstić information content (AvgIpc) is 4.42. The van der Waals surface area contributed by atoms with E-state index in [4.69, 9.17) is 14.1 Å². The van der Waals surface area contributed by atoms with E-state index in [1.807, 2.05) is 0 Å². The van der Waals surface area contributed by atoms with Crippen molar-refractivity contribution in [1.29, 1.82) is 0 Å². The molecular formula is C53H63N9O26S. The molecule has 6 rings (SSSR count). The number of Topliss-reactive ketones (excluding diaryl/α,β-unsaturated/α-hetero) is 2. The number of nitrogens with zero attached hydrogens (tertiary/aromatic N) is 6. The van der Waals surface area contributed by atoms with Gasteiger partial charge in [-0.1, -0.05) is 6.58 Å². The Morgan fingerprint density at radius 3 is 1.31 bits per heavy atom. The quantitative estimate of drug-likeness (QED) is 0.0283. The van der Waals surface area contributed by atoms with Crippen molar-refractivity contribution in [3.05, 3.63) is 48.7 Å². The summed E-state index contributed by atoms with van der Waals surface area (Å²) in [6.45, 7) is 3.31. The second-order valence-electron chi connectivity index (χ2n) is 19.4. The van der Waals surface area contributed by atoms with Crippen LogP contribution in [0.3, 0.4) is 0 Å². The minimum atomic E-state index is -4.96. The number of carbonyl (C=O) groups is 19. The Kier molecular flexibility index (Phi) is 28.2. The van der Waals surface area contributed by atoms with Crippen molar-refractivity contribution in [3.8, 4) is 0 Å². The van der Waals surface area contributed by atoms with E-state index in [-0.39, 0.29) is 176 Å². The van der Waals surface area contributed by atoms with Crippen LogP contribution < -0.4 is 16.0 Å². The zero-order valence-corrected chi connectivity index (χ0v) is 48.5. The maximum atomic E-state index is 11.9. The summed E-state index contributed by atoms with van der Waals surface area (Å²) in [5.74, 6) is -10.9. The molecule has 0 aliphatic carbocycles. The molecule has 35 nitrogen and oxygen atoms in total. The van der Waals surface area contributed by atoms with E-state index in [0.29, 0.717) is 28.5 Å². The van der Waals surface area contributed by atoms with Gasteiger partial charge in [-0.3, -0.25) is 96.0 Å². The van der Waals surface area contributed by atoms with Crippen LogP contribution >= 0.6 is 0 Å². The lowest BCUT2D eigenvalue weighted by Crippen LogP contribution is -2.42. The van der Waals surface area contributed by atoms with Gasteiger partial charge in [0.25, 0.3) is 75.1 Å². The molecule has 0 spiro atoms. The highest BCUT2D eigenvalue weighted by atomic mass is 32.2. The fourth-order valence-corrected chi connectivity index (χ4v) is 8.62. The number of amides is 14. The third-order valence-electron chi connectivity index (χ3n) is 12.7. The van der Waals surface area contributed by atoms with Gasteiger partial charge in [-0.2, -0.15) is 8.42 Å². The molecule has 3 fully saturated rings. The van der Waals surface area contributed by atoms with Crippen LogP contribution in [0.25, 0.3) is 0 Å². The number of carbonyl (C=O) groups excluding carboxylic acids is 19. The Hall–Kier alpha value is -9.84. The van der Waals surface area contributed by atoms with E-state index in [0.717, 1.165) is 39.2 Å². The third-order valence-corrected chi connectivity index (χ3v) is 13.8. The van der Waals surface area contributed by atoms with E-state index < -0.39 is 105 Å². The van der Waals surface area contributed by atoms with Crippen LogP contribution in [0.4, 0.5) is 0 Å². The molecule has 6 aliphatic rings. The SMILES string of the molecule is C=C1CCC(=O)N1OC(=O)CCCC(=O)CNC(=O)CCC(=O)CNC(=O)CCCN1C(=O)C=CC1=O.O=C(CCCN1C(=O)C=CC1=O)NCCOCCC(=O)ON1C(=O)CCC1=O.O=C(ON1C(=O)CCC1=O)C(CCN1C(=O)C=CC1=O)S(=O)(=O)O. The van der Waals surface area contributed by atoms with Gasteiger partial charge in [0.1, 0.15) is 0 Å². The molecule has 0 saturated carbocycles. The number of nitrogens with one attached hydrogen (secondary N) is 3. The Labute approximate surface area is 505 Å². The average molecular weight is 1270 g/mol. The monoisotopic (exact) mass is 1270 g/mol. The molecule has 0 aromatic heterocycles. The Balaban J connectivity index is 0.000000293. The van der Waals surface area contributed by atoms with E-state index in [9.17, 15) is 99.5 Å². The number of hydrogen-bond acceptors (Lipinski definition) is 25. The largest absolute Gasteiger partial charge is 0.379 e. The maximum Gasteiger partial charge on any atom is 0.353 e. The van der Waals surface area contributed by atoms with Crippen molar-refractivity contribution in [2.24, 2.45) is 0 Å². The smallest absolute Gasteiger partial charge is 0.353 e. The van der Waals surface area contributed by atoms with Gasteiger partial charge in [0.05, 0.1) is 38.4 Å². The minimum Gasteiger partial charge on any atom is -0.379 e. The van der Waals surface area contributed by atoms with Crippen molar-refractivity contribution in [1.82, 2.24) is 45.8 Å². The van der Waals surface area contributed by atoms with Gasteiger partial charge in [0, 0.05) is 133 Å². The van der Waals surface area contributed by atoms with Crippen LogP contribution in [0.15, 0.2) is 48.7 Å². The highest BCUT2D eigenvalue weighted by Gasteiger charge is 2.40. The van der Waals surface area contributed by atoms with Crippen molar-refractivity contribution in [2.75, 3.05) is 52.5 Å². The molecule has 1 atom stereocenters. The predicted molar refractivity (Wildman–Crippen MR) is 289 cm³/mol. The number of hydrogen-bond donors (Lipinski definition) is 4. The molecule has 482 valence electrons. The Morgan fingerprint density at radius 2 is 0.854 bits per heavy atom. The van der Waals surface area contributed by atoms with Gasteiger partial charge in [-0.05, 0) is 32.1 Å². The highest BCUT2D eigenvalue weighted by molar-refractivity contribution is 7.87. The number of rotatable bonds is 33. The second kappa shape index (κ2) is 35.1. The molecule has 36 heteroatoms. The summed E-state index contributed by atoms with van der Waals surface area (Å²) < 4.78 is 37.0. The summed E-state index contributed by atoms with van der Waals surface area (Å²) in [5, 5.41) is 6.74. The first kappa shape index (κ1) is 71.6. The summed E-state index contributed by atoms with van der Waals surface area (Å²) in [6, 6.07) is 0. The van der Waals surface area contributed by atoms with Gasteiger partial charge < -0.3 is 35.2 Å². The normalized spacial score (nSPS) is 16.5. The summed E-state index contributed by atoms with van der Waals surface area (Å²) in [6.07, 6.45) is 6.78. The number of ketones is 2. The summed E-state index contributed by atoms with van der Waals surface area (Å²) in [4.78, 5) is 236. The van der Waals surface area contributed by atoms with Crippen LogP contribution in [0.1, 0.15) is 109 Å². The molecule has 0 aromatic rings. The first-order chi connectivity index (χ1) is 42.0. The number of allylic oxidation sites excluding steroid dienone is 1. The predicted octanol–water partition coefficient (Wildman–Crippen LogP) is -3.41. The molecule has 0 bridgehead atoms. The molecule has 6 heterocycles. The zero-order valence-electron chi connectivity index (χ0n) is 47.7. The topological polar surface area (TPSA) is 471 Å². The Morgan fingerprint density at radius 1 is 0.461 bits per heavy atom. The lowest BCUT2D eigenvalue weighted by atomic mass is 10.1. The molecular weight excluding hydrogens is 1210 g/mol. The van der Waals surface area contributed by atoms with E-state index in [1.54, 1.807) is 0 Å². The molecule has 1 unspecified atom stereocenters. The molecule has 89 heavy (non-hydrogen) atoms. The Bertz CT molecular complexity index is 3010. The molecule has 0 radical (unpaired) electrons. The van der Waals surface area contributed by atoms with Gasteiger partial charge in [0.2, 0.25) is 17.7 Å². The maximum absolute atomic E-state index is 11.9. The molecule has 14 amide bonds. The highest BCUT2D eigenvalue weighted by Crippen LogP contribution is 2.22. The van der Waals surface area contributed by atoms with Crippen molar-refractivity contribution in [2.45, 2.75) is 114 Å². The lowest BCUT2D eigenvalue weighted by Gasteiger charge is -2.19. The molecule has 4 N–H and O–H groups in total. The van der Waals surface area contributed by atoms with E-state index in [1.165, 1.54) is 12.2 Å². The molecule has 3 saturated heterocycles. The summed E-state index contributed by atoms with van der Waals surface area (Å²) >= 11 is 0. The van der Waals surface area contributed by atoms with Crippen LogP contribution in [0.2, 0.25) is 0 Å². The van der Waals surface area contributed by atoms with Gasteiger partial charge in [-0.15, -0.1) is 15.2 Å². The zero-order chi connectivity index (χ0) is 66.0. The van der Waals surface area contributed by atoms with Gasteiger partial charge in [-0.25, -0.2) is 14.4 Å². The van der Waals surface area contributed by atoms with E-state index >= 15 is 0 Å². The molecule has 0 aromatic carbocycles. The lowest BCUT2D eigenvalue weighted by molar-refractivity contribution is -0.198. The van der Waals surface area contributed by atoms with Crippen LogP contribution in [0, 0.1) is 0 Å². The van der Waals surface area contributed by atoms with Crippen molar-refractivity contribution in [3.63, 3.8) is 0 Å².